The lowest BCUT2D eigenvalue weighted by molar-refractivity contribution is -0.151. The van der Waals surface area contributed by atoms with Crippen molar-refractivity contribution in [1.82, 2.24) is 0 Å². The molecule has 48 heavy (non-hydrogen) atoms. The molecular formula is C45H80O3. The van der Waals surface area contributed by atoms with Crippen LogP contribution in [0.5, 0.6) is 0 Å². The number of aliphatic hydroxyl groups is 1. The third kappa shape index (κ3) is 11.1. The third-order valence-corrected chi connectivity index (χ3v) is 14.6. The smallest absolute Gasteiger partial charge is 0.306 e. The maximum atomic E-state index is 12.8. The number of carbonyl (C=O) groups is 1. The highest BCUT2D eigenvalue weighted by Gasteiger charge is 2.59. The van der Waals surface area contributed by atoms with Crippen LogP contribution in [0.3, 0.4) is 0 Å². The molecule has 0 radical (unpaired) electrons. The number of carbonyl (C=O) groups excluding carboxylic acids is 1. The first-order chi connectivity index (χ1) is 23.2. The molecule has 0 aromatic heterocycles. The van der Waals surface area contributed by atoms with Gasteiger partial charge in [0.25, 0.3) is 0 Å². The number of esters is 1. The van der Waals surface area contributed by atoms with E-state index >= 15 is 0 Å². The second-order valence-electron chi connectivity index (χ2n) is 18.4. The molecule has 278 valence electrons. The fourth-order valence-electron chi connectivity index (χ4n) is 11.7. The molecule has 3 heteroatoms. The van der Waals surface area contributed by atoms with Crippen molar-refractivity contribution < 1.29 is 14.6 Å². The summed E-state index contributed by atoms with van der Waals surface area (Å²) in [5.74, 6) is 5.30. The fraction of sp³-hybridized carbons (Fsp3) is 0.933. The number of rotatable bonds is 23. The van der Waals surface area contributed by atoms with Crippen molar-refractivity contribution in [2.24, 2.45) is 46.3 Å². The zero-order valence-corrected chi connectivity index (χ0v) is 32.7. The molecular weight excluding hydrogens is 588 g/mol. The van der Waals surface area contributed by atoms with Gasteiger partial charge in [0, 0.05) is 19.4 Å². The predicted octanol–water partition coefficient (Wildman–Crippen LogP) is 13.2. The summed E-state index contributed by atoms with van der Waals surface area (Å²) in [7, 11) is 0. The summed E-state index contributed by atoms with van der Waals surface area (Å²) >= 11 is 0. The summed E-state index contributed by atoms with van der Waals surface area (Å²) in [6.07, 6.45) is 37.1. The van der Waals surface area contributed by atoms with Crippen LogP contribution in [0.15, 0.2) is 11.6 Å². The topological polar surface area (TPSA) is 46.5 Å². The Hall–Kier alpha value is -0.830. The lowest BCUT2D eigenvalue weighted by atomic mass is 9.47. The average Bonchev–Trinajstić information content (AvgIpc) is 3.42. The van der Waals surface area contributed by atoms with E-state index in [0.29, 0.717) is 23.9 Å². The first-order valence-electron chi connectivity index (χ1n) is 21.7. The molecule has 3 saturated carbocycles. The third-order valence-electron chi connectivity index (χ3n) is 14.6. The maximum absolute atomic E-state index is 12.8. The van der Waals surface area contributed by atoms with Crippen LogP contribution in [0.2, 0.25) is 0 Å². The predicted molar refractivity (Wildman–Crippen MR) is 204 cm³/mol. The number of allylic oxidation sites excluding steroid dienone is 1. The van der Waals surface area contributed by atoms with E-state index in [1.807, 2.05) is 0 Å². The van der Waals surface area contributed by atoms with Gasteiger partial charge in [-0.2, -0.15) is 0 Å². The van der Waals surface area contributed by atoms with Gasteiger partial charge in [-0.25, -0.2) is 0 Å². The number of ether oxygens (including phenoxy) is 1. The van der Waals surface area contributed by atoms with E-state index in [4.69, 9.17) is 9.84 Å². The standard InChI is InChI=1S/C45H80O3/c1-35(2)22-21-23-36(3)40-27-28-41-39-26-25-37-34-38(29-31-44(37,4)42(39)30-32-45(40,41)5)48-43(47)24-19-17-15-13-11-9-7-6-8-10-12-14-16-18-20-33-46/h25,35-36,38-42,46H,6-24,26-34H2,1-5H3/t36-,38+,39+,40-,41+,42+,44+,45-/m1/s1. The minimum atomic E-state index is 0.0548. The number of aliphatic hydroxyl groups excluding tert-OH is 1. The molecule has 3 fully saturated rings. The van der Waals surface area contributed by atoms with Crippen molar-refractivity contribution in [3.05, 3.63) is 11.6 Å². The highest BCUT2D eigenvalue weighted by atomic mass is 16.5. The zero-order chi connectivity index (χ0) is 34.4. The van der Waals surface area contributed by atoms with Gasteiger partial charge in [0.1, 0.15) is 6.10 Å². The van der Waals surface area contributed by atoms with Crippen molar-refractivity contribution in [2.45, 2.75) is 214 Å². The monoisotopic (exact) mass is 669 g/mol. The van der Waals surface area contributed by atoms with E-state index in [-0.39, 0.29) is 12.1 Å². The van der Waals surface area contributed by atoms with Crippen LogP contribution < -0.4 is 0 Å². The first kappa shape index (κ1) is 39.9. The molecule has 0 aromatic rings. The Morgan fingerprint density at radius 2 is 1.35 bits per heavy atom. The maximum Gasteiger partial charge on any atom is 0.306 e. The summed E-state index contributed by atoms with van der Waals surface area (Å²) < 4.78 is 6.13. The molecule has 0 heterocycles. The Balaban J connectivity index is 1.08. The van der Waals surface area contributed by atoms with Gasteiger partial charge in [0.15, 0.2) is 0 Å². The molecule has 0 aliphatic heterocycles. The fourth-order valence-corrected chi connectivity index (χ4v) is 11.7. The largest absolute Gasteiger partial charge is 0.462 e. The van der Waals surface area contributed by atoms with E-state index in [9.17, 15) is 4.79 Å². The summed E-state index contributed by atoms with van der Waals surface area (Å²) in [5, 5.41) is 8.84. The molecule has 8 atom stereocenters. The molecule has 0 spiro atoms. The number of hydrogen-bond acceptors (Lipinski definition) is 3. The second-order valence-corrected chi connectivity index (χ2v) is 18.4. The van der Waals surface area contributed by atoms with Gasteiger partial charge in [-0.15, -0.1) is 0 Å². The molecule has 0 saturated heterocycles. The van der Waals surface area contributed by atoms with Gasteiger partial charge >= 0.3 is 5.97 Å². The van der Waals surface area contributed by atoms with Crippen LogP contribution in [0.25, 0.3) is 0 Å². The highest BCUT2D eigenvalue weighted by molar-refractivity contribution is 5.69. The molecule has 3 nitrogen and oxygen atoms in total. The van der Waals surface area contributed by atoms with Crippen LogP contribution in [0, 0.1) is 46.3 Å². The van der Waals surface area contributed by atoms with Crippen molar-refractivity contribution in [3.8, 4) is 0 Å². The van der Waals surface area contributed by atoms with E-state index in [1.165, 1.54) is 141 Å². The van der Waals surface area contributed by atoms with Gasteiger partial charge < -0.3 is 9.84 Å². The summed E-state index contributed by atoms with van der Waals surface area (Å²) in [5.41, 5.74) is 2.52. The normalized spacial score (nSPS) is 32.0. The number of hydrogen-bond donors (Lipinski definition) is 1. The van der Waals surface area contributed by atoms with Gasteiger partial charge in [-0.1, -0.05) is 149 Å². The van der Waals surface area contributed by atoms with Crippen molar-refractivity contribution in [2.75, 3.05) is 6.61 Å². The van der Waals surface area contributed by atoms with Gasteiger partial charge in [0.05, 0.1) is 0 Å². The minimum Gasteiger partial charge on any atom is -0.462 e. The van der Waals surface area contributed by atoms with E-state index in [1.54, 1.807) is 5.57 Å². The Bertz CT molecular complexity index is 954. The molecule has 0 aromatic carbocycles. The van der Waals surface area contributed by atoms with Gasteiger partial charge in [-0.05, 0) is 104 Å². The molecule has 1 N–H and O–H groups in total. The van der Waals surface area contributed by atoms with Crippen molar-refractivity contribution >= 4 is 5.97 Å². The van der Waals surface area contributed by atoms with Crippen LogP contribution in [0.4, 0.5) is 0 Å². The van der Waals surface area contributed by atoms with Crippen LogP contribution in [0.1, 0.15) is 208 Å². The Morgan fingerprint density at radius 1 is 0.750 bits per heavy atom. The van der Waals surface area contributed by atoms with E-state index in [0.717, 1.165) is 61.2 Å². The van der Waals surface area contributed by atoms with Gasteiger partial charge in [-0.3, -0.25) is 4.79 Å². The summed E-state index contributed by atoms with van der Waals surface area (Å²) in [6.45, 7) is 13.0. The van der Waals surface area contributed by atoms with E-state index < -0.39 is 0 Å². The molecule has 0 amide bonds. The molecule has 4 aliphatic rings. The molecule has 0 bridgehead atoms. The number of fused-ring (bicyclic) bond motifs is 5. The highest BCUT2D eigenvalue weighted by Crippen LogP contribution is 2.67. The first-order valence-corrected chi connectivity index (χ1v) is 21.7. The number of unbranched alkanes of at least 4 members (excludes halogenated alkanes) is 14. The van der Waals surface area contributed by atoms with E-state index in [2.05, 4.69) is 40.7 Å². The van der Waals surface area contributed by atoms with Gasteiger partial charge in [0.2, 0.25) is 0 Å². The molecule has 4 aliphatic carbocycles. The molecule has 4 rings (SSSR count). The van der Waals surface area contributed by atoms with Crippen LogP contribution in [-0.4, -0.2) is 23.8 Å². The average molecular weight is 669 g/mol. The Kier molecular flexibility index (Phi) is 16.9. The zero-order valence-electron chi connectivity index (χ0n) is 32.7. The minimum absolute atomic E-state index is 0.0548. The lowest BCUT2D eigenvalue weighted by Crippen LogP contribution is -2.51. The SMILES string of the molecule is CC(C)CCC[C@@H](C)[C@H]1CC[C@H]2[C@@H]3CC=C4C[C@@H](OC(=O)CCCCCCCCCCCCCCCCCO)CC[C@]4(C)[C@H]3CC[C@]12C. The Morgan fingerprint density at radius 3 is 1.96 bits per heavy atom. The van der Waals surface area contributed by atoms with Crippen LogP contribution >= 0.6 is 0 Å². The second kappa shape index (κ2) is 20.3. The van der Waals surface area contributed by atoms with Crippen molar-refractivity contribution in [1.29, 1.82) is 0 Å². The Labute approximate surface area is 298 Å². The van der Waals surface area contributed by atoms with Crippen molar-refractivity contribution in [3.63, 3.8) is 0 Å². The quantitative estimate of drug-likeness (QED) is 0.0669. The summed E-state index contributed by atoms with van der Waals surface area (Å²) in [6, 6.07) is 0. The lowest BCUT2D eigenvalue weighted by Gasteiger charge is -2.58. The van der Waals surface area contributed by atoms with Crippen LogP contribution in [-0.2, 0) is 9.53 Å². The molecule has 0 unspecified atom stereocenters. The summed E-state index contributed by atoms with van der Waals surface area (Å²) in [4.78, 5) is 12.8.